The molecule has 1 saturated heterocycles. The molecule has 1 unspecified atom stereocenters. The number of rotatable bonds is 7. The van der Waals surface area contributed by atoms with Gasteiger partial charge in [-0.3, -0.25) is 14.8 Å². The van der Waals surface area contributed by atoms with E-state index in [1.54, 1.807) is 24.5 Å². The molecule has 1 aliphatic heterocycles. The van der Waals surface area contributed by atoms with Crippen molar-refractivity contribution in [1.82, 2.24) is 15.0 Å². The summed E-state index contributed by atoms with van der Waals surface area (Å²) in [6, 6.07) is 7.98. The van der Waals surface area contributed by atoms with Crippen molar-refractivity contribution in [1.29, 1.82) is 0 Å². The molecule has 6 nitrogen and oxygen atoms in total. The number of methoxy groups -OCH3 is 1. The second-order valence-electron chi connectivity index (χ2n) is 8.04. The molecular formula is C24H28BrN3O3. The minimum absolute atomic E-state index is 0.0229. The van der Waals surface area contributed by atoms with Gasteiger partial charge in [0, 0.05) is 30.3 Å². The standard InChI is InChI=1S/C24H28BrN3O3/c1-27-21(14-24(29)28(27)11-5-6-17-12-19(25)16-26-15-17)18-9-10-22(30-2)23(13-18)31-20-7-3-4-8-20/h5-6,9-10,12-13,15-16,20-21H,3-4,7-8,11,14H2,1-2H3/b6-5+. The van der Waals surface area contributed by atoms with E-state index < -0.39 is 0 Å². The first kappa shape index (κ1) is 21.8. The number of nitrogens with zero attached hydrogens (tertiary/aromatic N) is 3. The largest absolute Gasteiger partial charge is 0.493 e. The van der Waals surface area contributed by atoms with Crippen molar-refractivity contribution in [2.75, 3.05) is 20.7 Å². The lowest BCUT2D eigenvalue weighted by Crippen LogP contribution is -2.37. The van der Waals surface area contributed by atoms with Gasteiger partial charge in [-0.15, -0.1) is 0 Å². The Morgan fingerprint density at radius 1 is 1.19 bits per heavy atom. The van der Waals surface area contributed by atoms with E-state index in [1.807, 2.05) is 48.5 Å². The highest BCUT2D eigenvalue weighted by Crippen LogP contribution is 2.38. The molecule has 0 N–H and O–H groups in total. The Morgan fingerprint density at radius 2 is 2.00 bits per heavy atom. The number of benzene rings is 1. The maximum absolute atomic E-state index is 12.7. The molecule has 1 atom stereocenters. The summed E-state index contributed by atoms with van der Waals surface area (Å²) in [5.41, 5.74) is 2.05. The third-order valence-electron chi connectivity index (χ3n) is 5.97. The molecule has 2 aromatic rings. The molecule has 31 heavy (non-hydrogen) atoms. The van der Waals surface area contributed by atoms with Crippen LogP contribution < -0.4 is 9.47 Å². The van der Waals surface area contributed by atoms with Gasteiger partial charge in [-0.25, -0.2) is 5.01 Å². The number of amides is 1. The maximum Gasteiger partial charge on any atom is 0.239 e. The molecule has 164 valence electrons. The molecule has 1 aromatic heterocycles. The summed E-state index contributed by atoms with van der Waals surface area (Å²) in [7, 11) is 3.63. The first-order valence-electron chi connectivity index (χ1n) is 10.7. The second-order valence-corrected chi connectivity index (χ2v) is 8.96. The van der Waals surface area contributed by atoms with E-state index in [0.29, 0.717) is 13.0 Å². The van der Waals surface area contributed by atoms with Crippen LogP contribution in [-0.4, -0.2) is 47.7 Å². The molecule has 2 fully saturated rings. The van der Waals surface area contributed by atoms with Crippen molar-refractivity contribution in [3.8, 4) is 11.5 Å². The highest BCUT2D eigenvalue weighted by Gasteiger charge is 2.36. The number of hydrogen-bond acceptors (Lipinski definition) is 5. The summed E-state index contributed by atoms with van der Waals surface area (Å²) in [5.74, 6) is 1.62. The number of ether oxygens (including phenoxy) is 2. The maximum atomic E-state index is 12.7. The topological polar surface area (TPSA) is 54.9 Å². The molecule has 0 spiro atoms. The number of halogens is 1. The van der Waals surface area contributed by atoms with Gasteiger partial charge in [-0.2, -0.15) is 0 Å². The van der Waals surface area contributed by atoms with Crippen LogP contribution in [0.15, 0.2) is 47.2 Å². The Kier molecular flexibility index (Phi) is 6.92. The molecule has 1 aliphatic carbocycles. The summed E-state index contributed by atoms with van der Waals surface area (Å²) in [6.07, 6.45) is 12.8. The van der Waals surface area contributed by atoms with Gasteiger partial charge in [0.1, 0.15) is 0 Å². The Labute approximate surface area is 191 Å². The van der Waals surface area contributed by atoms with Gasteiger partial charge < -0.3 is 9.47 Å². The van der Waals surface area contributed by atoms with E-state index in [0.717, 1.165) is 39.9 Å². The van der Waals surface area contributed by atoms with Gasteiger partial charge in [-0.1, -0.05) is 18.2 Å². The lowest BCUT2D eigenvalue weighted by Gasteiger charge is -2.28. The van der Waals surface area contributed by atoms with Gasteiger partial charge >= 0.3 is 0 Å². The van der Waals surface area contributed by atoms with E-state index in [9.17, 15) is 4.79 Å². The average molecular weight is 486 g/mol. The number of carbonyl (C=O) groups excluding carboxylic acids is 1. The van der Waals surface area contributed by atoms with Crippen molar-refractivity contribution in [2.24, 2.45) is 0 Å². The van der Waals surface area contributed by atoms with Crippen molar-refractivity contribution in [3.05, 3.63) is 58.3 Å². The number of pyridine rings is 1. The molecule has 7 heteroatoms. The Morgan fingerprint density at radius 3 is 2.74 bits per heavy atom. The van der Waals surface area contributed by atoms with Gasteiger partial charge in [0.25, 0.3) is 0 Å². The SMILES string of the molecule is COc1ccc(C2CC(=O)N(C/C=C/c3cncc(Br)c3)N2C)cc1OC1CCCC1. The number of carbonyl (C=O) groups is 1. The number of aromatic nitrogens is 1. The summed E-state index contributed by atoms with van der Waals surface area (Å²) < 4.78 is 12.7. The first-order chi connectivity index (χ1) is 15.0. The smallest absolute Gasteiger partial charge is 0.239 e. The van der Waals surface area contributed by atoms with E-state index >= 15 is 0 Å². The summed E-state index contributed by atoms with van der Waals surface area (Å²) >= 11 is 3.43. The highest BCUT2D eigenvalue weighted by molar-refractivity contribution is 9.10. The zero-order valence-electron chi connectivity index (χ0n) is 18.0. The lowest BCUT2D eigenvalue weighted by atomic mass is 10.0. The third kappa shape index (κ3) is 5.10. The van der Waals surface area contributed by atoms with Gasteiger partial charge in [0.15, 0.2) is 11.5 Å². The van der Waals surface area contributed by atoms with E-state index in [1.165, 1.54) is 12.8 Å². The highest BCUT2D eigenvalue weighted by atomic mass is 79.9. The zero-order valence-corrected chi connectivity index (χ0v) is 19.5. The third-order valence-corrected chi connectivity index (χ3v) is 6.40. The molecule has 0 bridgehead atoms. The van der Waals surface area contributed by atoms with Crippen LogP contribution in [0.4, 0.5) is 0 Å². The van der Waals surface area contributed by atoms with Crippen LogP contribution in [0.25, 0.3) is 6.08 Å². The zero-order chi connectivity index (χ0) is 21.8. The van der Waals surface area contributed by atoms with Crippen molar-refractivity contribution in [3.63, 3.8) is 0 Å². The monoisotopic (exact) mass is 485 g/mol. The van der Waals surface area contributed by atoms with Crippen LogP contribution in [0.2, 0.25) is 0 Å². The first-order valence-corrected chi connectivity index (χ1v) is 11.5. The molecule has 0 radical (unpaired) electrons. The predicted molar refractivity (Wildman–Crippen MR) is 124 cm³/mol. The van der Waals surface area contributed by atoms with Crippen molar-refractivity contribution < 1.29 is 14.3 Å². The Hall–Kier alpha value is -2.38. The van der Waals surface area contributed by atoms with E-state index in [-0.39, 0.29) is 18.1 Å². The summed E-state index contributed by atoms with van der Waals surface area (Å²) in [6.45, 7) is 0.514. The van der Waals surface area contributed by atoms with Crippen LogP contribution in [0.1, 0.15) is 49.3 Å². The molecule has 2 aliphatic rings. The molecular weight excluding hydrogens is 458 g/mol. The van der Waals surface area contributed by atoms with Gasteiger partial charge in [-0.05, 0) is 70.9 Å². The van der Waals surface area contributed by atoms with Crippen molar-refractivity contribution >= 4 is 27.9 Å². The lowest BCUT2D eigenvalue weighted by molar-refractivity contribution is -0.136. The van der Waals surface area contributed by atoms with Gasteiger partial charge in [0.2, 0.25) is 5.91 Å². The fraction of sp³-hybridized carbons (Fsp3) is 0.417. The van der Waals surface area contributed by atoms with Gasteiger partial charge in [0.05, 0.1) is 25.8 Å². The van der Waals surface area contributed by atoms with Crippen LogP contribution in [0.5, 0.6) is 11.5 Å². The van der Waals surface area contributed by atoms with Crippen LogP contribution >= 0.6 is 15.9 Å². The second kappa shape index (κ2) is 9.83. The summed E-state index contributed by atoms with van der Waals surface area (Å²) in [4.78, 5) is 16.9. The fourth-order valence-electron chi connectivity index (χ4n) is 4.30. The normalized spacial score (nSPS) is 20.2. The molecule has 1 saturated carbocycles. The average Bonchev–Trinajstić information content (AvgIpc) is 3.37. The molecule has 4 rings (SSSR count). The Balaban J connectivity index is 1.46. The fourth-order valence-corrected chi connectivity index (χ4v) is 4.68. The summed E-state index contributed by atoms with van der Waals surface area (Å²) in [5, 5.41) is 3.81. The number of hydrogen-bond donors (Lipinski definition) is 0. The molecule has 1 aromatic carbocycles. The van der Waals surface area contributed by atoms with Crippen LogP contribution in [0, 0.1) is 0 Å². The van der Waals surface area contributed by atoms with E-state index in [4.69, 9.17) is 9.47 Å². The van der Waals surface area contributed by atoms with Crippen molar-refractivity contribution in [2.45, 2.75) is 44.2 Å². The Bertz CT molecular complexity index is 959. The molecule has 2 heterocycles. The molecule has 1 amide bonds. The predicted octanol–water partition coefficient (Wildman–Crippen LogP) is 5.01. The van der Waals surface area contributed by atoms with E-state index in [2.05, 4.69) is 20.9 Å². The quantitative estimate of drug-likeness (QED) is 0.551. The minimum Gasteiger partial charge on any atom is -0.493 e. The number of hydrazine groups is 1. The van der Waals surface area contributed by atoms with Crippen LogP contribution in [0.3, 0.4) is 0 Å². The van der Waals surface area contributed by atoms with Crippen LogP contribution in [-0.2, 0) is 4.79 Å². The minimum atomic E-state index is -0.0229.